The van der Waals surface area contributed by atoms with Crippen molar-refractivity contribution in [2.75, 3.05) is 0 Å². The van der Waals surface area contributed by atoms with Gasteiger partial charge in [0.25, 0.3) is 11.8 Å². The second-order valence-electron chi connectivity index (χ2n) is 1.64. The summed E-state index contributed by atoms with van der Waals surface area (Å²) in [5.74, 6) is -0.523. The average molecular weight is 124 g/mol. The zero-order valence-electron chi connectivity index (χ0n) is 5.00. The lowest BCUT2D eigenvalue weighted by Crippen LogP contribution is -2.25. The highest BCUT2D eigenvalue weighted by Gasteiger charge is 2.20. The molecule has 0 aliphatic carbocycles. The molecule has 47 valence electrons. The van der Waals surface area contributed by atoms with Gasteiger partial charge < -0.3 is 0 Å². The van der Waals surface area contributed by atoms with Crippen LogP contribution in [0.15, 0.2) is 12.2 Å². The largest absolute Gasteiger partial charge is 0.270 e. The minimum absolute atomic E-state index is 0.262. The third kappa shape index (κ3) is 0.850. The first-order chi connectivity index (χ1) is 4.25. The summed E-state index contributed by atoms with van der Waals surface area (Å²) >= 11 is 0. The molecule has 1 radical (unpaired) electrons. The minimum Gasteiger partial charge on any atom is -0.270 e. The molecule has 0 aromatic carbocycles. The van der Waals surface area contributed by atoms with E-state index in [2.05, 4.69) is 0 Å². The van der Waals surface area contributed by atoms with E-state index in [-0.39, 0.29) is 11.8 Å². The van der Waals surface area contributed by atoms with Crippen molar-refractivity contribution in [1.82, 2.24) is 4.90 Å². The summed E-state index contributed by atoms with van der Waals surface area (Å²) in [6.07, 6.45) is 2.50. The summed E-state index contributed by atoms with van der Waals surface area (Å²) in [6.45, 7) is 3.09. The molecule has 0 spiro atoms. The summed E-state index contributed by atoms with van der Waals surface area (Å²) < 4.78 is 0. The minimum atomic E-state index is -0.262. The summed E-state index contributed by atoms with van der Waals surface area (Å²) in [5, 5.41) is 0. The molecule has 0 N–H and O–H groups in total. The van der Waals surface area contributed by atoms with Crippen LogP contribution < -0.4 is 0 Å². The van der Waals surface area contributed by atoms with Crippen LogP contribution in [0.25, 0.3) is 0 Å². The Balaban J connectivity index is 2.75. The van der Waals surface area contributed by atoms with Crippen molar-refractivity contribution < 1.29 is 9.59 Å². The monoisotopic (exact) mass is 124 g/mol. The molecule has 1 aliphatic rings. The van der Waals surface area contributed by atoms with E-state index in [9.17, 15) is 9.59 Å². The third-order valence-corrected chi connectivity index (χ3v) is 1.10. The topological polar surface area (TPSA) is 37.4 Å². The number of rotatable bonds is 1. The second-order valence-corrected chi connectivity index (χ2v) is 1.64. The molecule has 2 amide bonds. The van der Waals surface area contributed by atoms with Crippen molar-refractivity contribution in [3.05, 3.63) is 18.7 Å². The van der Waals surface area contributed by atoms with Gasteiger partial charge in [-0.3, -0.25) is 14.5 Å². The van der Waals surface area contributed by atoms with Crippen LogP contribution in [-0.2, 0) is 9.59 Å². The molecule has 3 nitrogen and oxygen atoms in total. The van der Waals surface area contributed by atoms with Crippen LogP contribution in [0, 0.1) is 6.54 Å². The van der Waals surface area contributed by atoms with E-state index in [0.29, 0.717) is 0 Å². The van der Waals surface area contributed by atoms with Gasteiger partial charge in [0.05, 0.1) is 6.54 Å². The average Bonchev–Trinajstić information content (AvgIpc) is 2.12. The number of amides is 2. The van der Waals surface area contributed by atoms with Gasteiger partial charge in [-0.05, 0) is 6.92 Å². The molecule has 3 heteroatoms. The fourth-order valence-electron chi connectivity index (χ4n) is 0.666. The van der Waals surface area contributed by atoms with E-state index < -0.39 is 0 Å². The molecule has 0 atom stereocenters. The van der Waals surface area contributed by atoms with Crippen molar-refractivity contribution in [2.24, 2.45) is 0 Å². The van der Waals surface area contributed by atoms with E-state index in [1.165, 1.54) is 18.7 Å². The van der Waals surface area contributed by atoms with E-state index in [1.54, 1.807) is 6.92 Å². The zero-order valence-corrected chi connectivity index (χ0v) is 5.00. The van der Waals surface area contributed by atoms with Gasteiger partial charge in [0.1, 0.15) is 0 Å². The smallest absolute Gasteiger partial charge is 0.253 e. The number of hydrogen-bond donors (Lipinski definition) is 0. The lowest BCUT2D eigenvalue weighted by Gasteiger charge is -2.07. The van der Waals surface area contributed by atoms with E-state index in [4.69, 9.17) is 0 Å². The maximum Gasteiger partial charge on any atom is 0.253 e. The standard InChI is InChI=1S/C6H6NO2/c1-2-7-5(8)3-4-6(7)9/h2-4H,1H3. The summed E-state index contributed by atoms with van der Waals surface area (Å²) in [7, 11) is 0. The molecular weight excluding hydrogens is 118 g/mol. The summed E-state index contributed by atoms with van der Waals surface area (Å²) in [4.78, 5) is 22.3. The van der Waals surface area contributed by atoms with E-state index >= 15 is 0 Å². The molecule has 0 saturated carbocycles. The van der Waals surface area contributed by atoms with Crippen molar-refractivity contribution >= 4 is 11.8 Å². The maximum atomic E-state index is 10.6. The third-order valence-electron chi connectivity index (χ3n) is 1.10. The summed E-state index contributed by atoms with van der Waals surface area (Å²) in [6, 6.07) is 0. The maximum absolute atomic E-state index is 10.6. The molecule has 0 aromatic rings. The predicted octanol–water partition coefficient (Wildman–Crippen LogP) is 0.0931. The first-order valence-corrected chi connectivity index (χ1v) is 2.60. The van der Waals surface area contributed by atoms with Crippen molar-refractivity contribution in [1.29, 1.82) is 0 Å². The van der Waals surface area contributed by atoms with Gasteiger partial charge in [0.15, 0.2) is 0 Å². The van der Waals surface area contributed by atoms with Crippen molar-refractivity contribution in [3.63, 3.8) is 0 Å². The Morgan fingerprint density at radius 2 is 1.78 bits per heavy atom. The Hall–Kier alpha value is -1.12. The van der Waals surface area contributed by atoms with Crippen LogP contribution in [0.1, 0.15) is 6.92 Å². The fraction of sp³-hybridized carbons (Fsp3) is 0.167. The quantitative estimate of drug-likeness (QED) is 0.465. The Kier molecular flexibility index (Phi) is 1.34. The van der Waals surface area contributed by atoms with E-state index in [0.717, 1.165) is 4.90 Å². The van der Waals surface area contributed by atoms with Crippen molar-refractivity contribution in [3.8, 4) is 0 Å². The van der Waals surface area contributed by atoms with Crippen LogP contribution in [-0.4, -0.2) is 16.7 Å². The summed E-state index contributed by atoms with van der Waals surface area (Å²) in [5.41, 5.74) is 0. The highest BCUT2D eigenvalue weighted by molar-refractivity contribution is 6.13. The van der Waals surface area contributed by atoms with Crippen LogP contribution in [0.5, 0.6) is 0 Å². The van der Waals surface area contributed by atoms with E-state index in [1.807, 2.05) is 0 Å². The van der Waals surface area contributed by atoms with Gasteiger partial charge in [-0.2, -0.15) is 0 Å². The number of carbonyl (C=O) groups excluding carboxylic acids is 2. The molecule has 0 unspecified atom stereocenters. The van der Waals surface area contributed by atoms with Crippen molar-refractivity contribution in [2.45, 2.75) is 6.92 Å². The Labute approximate surface area is 53.0 Å². The number of imide groups is 1. The van der Waals surface area contributed by atoms with Gasteiger partial charge in [-0.15, -0.1) is 0 Å². The van der Waals surface area contributed by atoms with Crippen LogP contribution in [0.2, 0.25) is 0 Å². The Morgan fingerprint density at radius 3 is 2.00 bits per heavy atom. The first-order valence-electron chi connectivity index (χ1n) is 2.60. The molecule has 0 aromatic heterocycles. The molecule has 9 heavy (non-hydrogen) atoms. The predicted molar refractivity (Wildman–Crippen MR) is 31.0 cm³/mol. The molecule has 0 bridgehead atoms. The molecule has 0 fully saturated rings. The lowest BCUT2D eigenvalue weighted by atomic mass is 10.5. The SMILES string of the molecule is C[CH]N1C(=O)C=CC1=O. The highest BCUT2D eigenvalue weighted by Crippen LogP contribution is 2.03. The van der Waals surface area contributed by atoms with Crippen LogP contribution in [0.4, 0.5) is 0 Å². The molecule has 1 aliphatic heterocycles. The normalized spacial score (nSPS) is 17.7. The molecule has 1 heterocycles. The number of hydrogen-bond acceptors (Lipinski definition) is 2. The van der Waals surface area contributed by atoms with Crippen LogP contribution >= 0.6 is 0 Å². The van der Waals surface area contributed by atoms with Gasteiger partial charge in [0.2, 0.25) is 0 Å². The van der Waals surface area contributed by atoms with Gasteiger partial charge in [-0.1, -0.05) is 0 Å². The second kappa shape index (κ2) is 2.01. The molecule has 0 saturated heterocycles. The zero-order chi connectivity index (χ0) is 6.85. The lowest BCUT2D eigenvalue weighted by molar-refractivity contribution is -0.134. The van der Waals surface area contributed by atoms with Gasteiger partial charge >= 0.3 is 0 Å². The Morgan fingerprint density at radius 1 is 1.33 bits per heavy atom. The first kappa shape index (κ1) is 6.01. The molecular formula is C6H6NO2. The Bertz CT molecular complexity index is 165. The number of carbonyl (C=O) groups is 2. The van der Waals surface area contributed by atoms with Gasteiger partial charge in [0, 0.05) is 12.2 Å². The molecule has 1 rings (SSSR count). The van der Waals surface area contributed by atoms with Crippen LogP contribution in [0.3, 0.4) is 0 Å². The fourth-order valence-corrected chi connectivity index (χ4v) is 0.666. The van der Waals surface area contributed by atoms with Gasteiger partial charge in [-0.25, -0.2) is 0 Å². The number of nitrogens with zero attached hydrogens (tertiary/aromatic N) is 1. The highest BCUT2D eigenvalue weighted by atomic mass is 16.2.